The zero-order valence-corrected chi connectivity index (χ0v) is 20.2. The molecule has 0 bridgehead atoms. The molecule has 1 saturated carbocycles. The highest BCUT2D eigenvalue weighted by Gasteiger charge is 2.36. The number of ether oxygens (including phenoxy) is 1. The molecule has 0 amide bonds. The summed E-state index contributed by atoms with van der Waals surface area (Å²) in [5, 5.41) is 13.6. The third kappa shape index (κ3) is 4.54. The van der Waals surface area contributed by atoms with Gasteiger partial charge in [0.15, 0.2) is 0 Å². The lowest BCUT2D eigenvalue weighted by molar-refractivity contribution is -0.274. The average Bonchev–Trinajstić information content (AvgIpc) is 3.19. The van der Waals surface area contributed by atoms with E-state index in [0.29, 0.717) is 6.42 Å². The summed E-state index contributed by atoms with van der Waals surface area (Å²) in [4.78, 5) is 4.49. The number of hydrogen-bond acceptors (Lipinski definition) is 5. The Balaban J connectivity index is 1.45. The highest BCUT2D eigenvalue weighted by Crippen LogP contribution is 2.38. The number of aromatic nitrogens is 2. The molecule has 0 aliphatic heterocycles. The fourth-order valence-corrected chi connectivity index (χ4v) is 6.65. The Morgan fingerprint density at radius 1 is 1.08 bits per heavy atom. The second-order valence-electron chi connectivity index (χ2n) is 8.72. The lowest BCUT2D eigenvalue weighted by Crippen LogP contribution is -2.49. The number of pyridine rings is 1. The van der Waals surface area contributed by atoms with Crippen LogP contribution < -0.4 is 9.46 Å². The van der Waals surface area contributed by atoms with E-state index >= 15 is 0 Å². The van der Waals surface area contributed by atoms with Gasteiger partial charge in [-0.1, -0.05) is 18.2 Å². The highest BCUT2D eigenvalue weighted by atomic mass is 32.2. The summed E-state index contributed by atoms with van der Waals surface area (Å²) < 4.78 is 64.3. The lowest BCUT2D eigenvalue weighted by atomic mass is 9.88. The van der Waals surface area contributed by atoms with Gasteiger partial charge in [-0.15, -0.1) is 13.2 Å². The number of halogens is 3. The summed E-state index contributed by atoms with van der Waals surface area (Å²) in [6.07, 6.45) is -0.137. The molecule has 5 rings (SSSR count). The molecule has 2 aromatic heterocycles. The van der Waals surface area contributed by atoms with Crippen LogP contribution in [-0.2, 0) is 9.92 Å². The van der Waals surface area contributed by atoms with Crippen molar-refractivity contribution < 1.29 is 27.2 Å². The summed E-state index contributed by atoms with van der Waals surface area (Å²) >= 11 is 0. The van der Waals surface area contributed by atoms with Crippen LogP contribution in [0.4, 0.5) is 13.2 Å². The number of benzene rings is 2. The zero-order chi connectivity index (χ0) is 25.5. The van der Waals surface area contributed by atoms with Gasteiger partial charge in [0.1, 0.15) is 15.7 Å². The van der Waals surface area contributed by atoms with Crippen LogP contribution in [0.5, 0.6) is 5.75 Å². The largest absolute Gasteiger partial charge is 0.573 e. The van der Waals surface area contributed by atoms with Crippen LogP contribution in [0.1, 0.15) is 25.3 Å². The Morgan fingerprint density at radius 2 is 1.81 bits per heavy atom. The molecule has 1 fully saturated rings. The monoisotopic (exact) mass is 518 g/mol. The van der Waals surface area contributed by atoms with Crippen molar-refractivity contribution in [2.24, 2.45) is 4.36 Å². The van der Waals surface area contributed by atoms with E-state index in [1.165, 1.54) is 19.2 Å². The van der Waals surface area contributed by atoms with E-state index < -0.39 is 34.2 Å². The molecule has 2 aromatic carbocycles. The van der Waals surface area contributed by atoms with Crippen molar-refractivity contribution in [3.8, 4) is 5.75 Å². The van der Waals surface area contributed by atoms with Gasteiger partial charge >= 0.3 is 6.36 Å². The number of nitrogens with one attached hydrogen (secondary N) is 1. The van der Waals surface area contributed by atoms with Gasteiger partial charge in [-0.3, -0.25) is 4.98 Å². The first-order valence-electron chi connectivity index (χ1n) is 11.5. The molecule has 0 saturated heterocycles. The molecule has 190 valence electrons. The Labute approximate surface area is 206 Å². The molecule has 0 radical (unpaired) electrons. The van der Waals surface area contributed by atoms with Gasteiger partial charge in [0.05, 0.1) is 28.8 Å². The summed E-state index contributed by atoms with van der Waals surface area (Å²) in [6, 6.07) is 13.8. The second kappa shape index (κ2) is 9.38. The maximum absolute atomic E-state index is 13.7. The fourth-order valence-electron chi connectivity index (χ4n) is 5.03. The molecule has 36 heavy (non-hydrogen) atoms. The molecule has 11 heteroatoms. The molecule has 2 heterocycles. The minimum absolute atomic E-state index is 0.204. The van der Waals surface area contributed by atoms with Crippen molar-refractivity contribution in [3.63, 3.8) is 0 Å². The first kappa shape index (κ1) is 24.5. The molecule has 2 N–H and O–H groups in total. The van der Waals surface area contributed by atoms with Crippen LogP contribution in [0.15, 0.2) is 76.2 Å². The van der Waals surface area contributed by atoms with Gasteiger partial charge in [0.2, 0.25) is 0 Å². The summed E-state index contributed by atoms with van der Waals surface area (Å²) in [6.45, 7) is 0. The van der Waals surface area contributed by atoms with Gasteiger partial charge in [-0.05, 0) is 55.7 Å². The smallest absolute Gasteiger partial charge is 0.406 e. The number of hydrogen-bond donors (Lipinski definition) is 2. The van der Waals surface area contributed by atoms with Gasteiger partial charge in [-0.25, -0.2) is 13.3 Å². The van der Waals surface area contributed by atoms with Crippen molar-refractivity contribution in [2.45, 2.75) is 48.7 Å². The quantitative estimate of drug-likeness (QED) is 0.380. The van der Waals surface area contributed by atoms with E-state index in [2.05, 4.69) is 23.4 Å². The summed E-state index contributed by atoms with van der Waals surface area (Å²) in [5.74, 6) is -0.415. The first-order chi connectivity index (χ1) is 17.2. The van der Waals surface area contributed by atoms with E-state index in [9.17, 15) is 22.5 Å². The van der Waals surface area contributed by atoms with Crippen LogP contribution in [0.25, 0.3) is 21.8 Å². The lowest BCUT2D eigenvalue weighted by Gasteiger charge is -2.37. The SMILES string of the molecule is CN=S(=O)(NC1CCCC(n2c3ccccc3c3ccncc32)C1O)c1ccc(OC(F)(F)F)cc1. The molecule has 0 spiro atoms. The zero-order valence-electron chi connectivity index (χ0n) is 19.4. The number of aliphatic hydroxyl groups excluding tert-OH is 1. The maximum atomic E-state index is 13.7. The van der Waals surface area contributed by atoms with Crippen LogP contribution in [0.2, 0.25) is 0 Å². The van der Waals surface area contributed by atoms with E-state index in [1.54, 1.807) is 12.4 Å². The normalized spacial score (nSPS) is 22.4. The van der Waals surface area contributed by atoms with Crippen molar-refractivity contribution in [1.82, 2.24) is 14.3 Å². The minimum atomic E-state index is -4.82. The fraction of sp³-hybridized carbons (Fsp3) is 0.320. The predicted octanol–water partition coefficient (Wildman–Crippen LogP) is 5.20. The Bertz CT molecular complexity index is 1460. The molecule has 1 aliphatic carbocycles. The number of rotatable bonds is 5. The number of fused-ring (bicyclic) bond motifs is 3. The van der Waals surface area contributed by atoms with Crippen molar-refractivity contribution in [1.29, 1.82) is 0 Å². The molecule has 4 aromatic rings. The average molecular weight is 519 g/mol. The number of nitrogens with zero attached hydrogens (tertiary/aromatic N) is 3. The number of aliphatic hydroxyl groups is 1. The first-order valence-corrected chi connectivity index (χ1v) is 13.0. The minimum Gasteiger partial charge on any atom is -0.406 e. The number of alkyl halides is 3. The Hall–Kier alpha value is -3.15. The Kier molecular flexibility index (Phi) is 6.39. The Morgan fingerprint density at radius 3 is 2.53 bits per heavy atom. The molecule has 4 atom stereocenters. The van der Waals surface area contributed by atoms with Crippen LogP contribution in [0.3, 0.4) is 0 Å². The van der Waals surface area contributed by atoms with Crippen LogP contribution in [-0.4, -0.2) is 44.4 Å². The predicted molar refractivity (Wildman–Crippen MR) is 131 cm³/mol. The summed E-state index contributed by atoms with van der Waals surface area (Å²) in [5.41, 5.74) is 1.89. The van der Waals surface area contributed by atoms with Gasteiger partial charge in [0, 0.05) is 35.6 Å². The third-order valence-electron chi connectivity index (χ3n) is 6.61. The maximum Gasteiger partial charge on any atom is 0.573 e. The second-order valence-corrected chi connectivity index (χ2v) is 10.8. The van der Waals surface area contributed by atoms with E-state index in [1.807, 2.05) is 30.3 Å². The van der Waals surface area contributed by atoms with Crippen molar-refractivity contribution >= 4 is 31.7 Å². The molecular formula is C25H25F3N4O3S. The standard InChI is InChI=1S/C25H25F3N4O3S/c1-29-36(34,17-11-9-16(10-12-17)35-25(26,27)28)31-20-6-4-8-22(24(20)33)32-21-7-3-2-5-18(21)19-13-14-30-15-23(19)32/h2-3,5,7,9-15,20,22,24,33H,4,6,8H2,1H3,(H,29,31,34). The summed E-state index contributed by atoms with van der Waals surface area (Å²) in [7, 11) is -1.84. The molecular weight excluding hydrogens is 493 g/mol. The third-order valence-corrected chi connectivity index (χ3v) is 8.66. The molecule has 4 unspecified atom stereocenters. The molecule has 1 aliphatic rings. The van der Waals surface area contributed by atoms with E-state index in [4.69, 9.17) is 0 Å². The van der Waals surface area contributed by atoms with Crippen molar-refractivity contribution in [3.05, 3.63) is 67.0 Å². The van der Waals surface area contributed by atoms with Gasteiger partial charge < -0.3 is 14.4 Å². The van der Waals surface area contributed by atoms with Gasteiger partial charge in [0.25, 0.3) is 0 Å². The highest BCUT2D eigenvalue weighted by molar-refractivity contribution is 7.91. The van der Waals surface area contributed by atoms with Crippen LogP contribution >= 0.6 is 0 Å². The molecule has 7 nitrogen and oxygen atoms in total. The van der Waals surface area contributed by atoms with E-state index in [0.717, 1.165) is 46.8 Å². The number of para-hydroxylation sites is 1. The van der Waals surface area contributed by atoms with Crippen molar-refractivity contribution in [2.75, 3.05) is 7.05 Å². The van der Waals surface area contributed by atoms with Crippen LogP contribution in [0, 0.1) is 0 Å². The van der Waals surface area contributed by atoms with Gasteiger partial charge in [-0.2, -0.15) is 0 Å². The van der Waals surface area contributed by atoms with E-state index in [-0.39, 0.29) is 10.9 Å². The topological polar surface area (TPSA) is 88.7 Å².